The Balaban J connectivity index is 1.73. The van der Waals surface area contributed by atoms with Gasteiger partial charge < -0.3 is 15.1 Å². The number of hydrogen-bond acceptors (Lipinski definition) is 6. The Morgan fingerprint density at radius 3 is 2.36 bits per heavy atom. The number of thioether (sulfide) groups is 1. The van der Waals surface area contributed by atoms with Crippen molar-refractivity contribution in [1.29, 1.82) is 0 Å². The standard InChI is InChI=1S/C21H16F3N3O5S/c1-12(33-15-7-5-14(6-8-15)27(30)31)19(28)26-17-9-4-13(11-16(17)21(22,23)24)25-20(29)18-3-2-10-32-18/h2-12H,1H3,(H,25,29)(H,26,28). The number of non-ortho nitro benzene ring substituents is 1. The van der Waals surface area contributed by atoms with E-state index in [0.717, 1.165) is 17.8 Å². The third kappa shape index (κ3) is 6.13. The lowest BCUT2D eigenvalue weighted by Crippen LogP contribution is -2.24. The predicted octanol–water partition coefficient (Wildman–Crippen LogP) is 5.58. The summed E-state index contributed by atoms with van der Waals surface area (Å²) in [4.78, 5) is 35.2. The van der Waals surface area contributed by atoms with Crippen molar-refractivity contribution in [2.75, 3.05) is 10.6 Å². The summed E-state index contributed by atoms with van der Waals surface area (Å²) in [6, 6.07) is 11.2. The smallest absolute Gasteiger partial charge is 0.418 e. The van der Waals surface area contributed by atoms with Crippen LogP contribution in [0.15, 0.2) is 70.2 Å². The fraction of sp³-hybridized carbons (Fsp3) is 0.143. The first-order valence-electron chi connectivity index (χ1n) is 9.32. The number of amides is 2. The predicted molar refractivity (Wildman–Crippen MR) is 115 cm³/mol. The van der Waals surface area contributed by atoms with Crippen LogP contribution < -0.4 is 10.6 Å². The average molecular weight is 479 g/mol. The summed E-state index contributed by atoms with van der Waals surface area (Å²) in [5.41, 5.74) is -1.86. The van der Waals surface area contributed by atoms with Gasteiger partial charge in [-0.05, 0) is 49.4 Å². The van der Waals surface area contributed by atoms with Gasteiger partial charge in [0.05, 0.1) is 27.7 Å². The van der Waals surface area contributed by atoms with Gasteiger partial charge in [-0.3, -0.25) is 19.7 Å². The van der Waals surface area contributed by atoms with Gasteiger partial charge >= 0.3 is 6.18 Å². The van der Waals surface area contributed by atoms with Gasteiger partial charge in [0, 0.05) is 22.7 Å². The summed E-state index contributed by atoms with van der Waals surface area (Å²) in [6.45, 7) is 1.49. The van der Waals surface area contributed by atoms with E-state index in [1.165, 1.54) is 55.7 Å². The Kier molecular flexibility index (Phi) is 7.07. The summed E-state index contributed by atoms with van der Waals surface area (Å²) in [5.74, 6) is -1.49. The largest absolute Gasteiger partial charge is 0.459 e. The summed E-state index contributed by atoms with van der Waals surface area (Å²) < 4.78 is 45.7. The van der Waals surface area contributed by atoms with E-state index in [-0.39, 0.29) is 17.1 Å². The first-order chi connectivity index (χ1) is 15.5. The van der Waals surface area contributed by atoms with Crippen LogP contribution in [-0.2, 0) is 11.0 Å². The Morgan fingerprint density at radius 2 is 1.79 bits per heavy atom. The highest BCUT2D eigenvalue weighted by atomic mass is 32.2. The van der Waals surface area contributed by atoms with Crippen molar-refractivity contribution in [1.82, 2.24) is 0 Å². The van der Waals surface area contributed by atoms with E-state index < -0.39 is 39.4 Å². The highest BCUT2D eigenvalue weighted by Crippen LogP contribution is 2.37. The third-order valence-corrected chi connectivity index (χ3v) is 5.43. The molecule has 1 aromatic heterocycles. The first-order valence-corrected chi connectivity index (χ1v) is 10.2. The van der Waals surface area contributed by atoms with Crippen molar-refractivity contribution in [2.24, 2.45) is 0 Å². The second-order valence-electron chi connectivity index (χ2n) is 6.69. The molecule has 0 bridgehead atoms. The topological polar surface area (TPSA) is 114 Å². The van der Waals surface area contributed by atoms with Gasteiger partial charge in [0.1, 0.15) is 0 Å². The molecule has 12 heteroatoms. The van der Waals surface area contributed by atoms with Crippen LogP contribution in [0.4, 0.5) is 30.2 Å². The normalized spacial score (nSPS) is 12.1. The van der Waals surface area contributed by atoms with Crippen molar-refractivity contribution >= 4 is 40.6 Å². The van der Waals surface area contributed by atoms with E-state index in [2.05, 4.69) is 10.6 Å². The zero-order valence-corrected chi connectivity index (χ0v) is 17.7. The zero-order valence-electron chi connectivity index (χ0n) is 16.9. The molecule has 0 saturated carbocycles. The van der Waals surface area contributed by atoms with Crippen LogP contribution in [0.1, 0.15) is 23.0 Å². The van der Waals surface area contributed by atoms with Gasteiger partial charge in [0.2, 0.25) is 5.91 Å². The Morgan fingerprint density at radius 1 is 1.09 bits per heavy atom. The van der Waals surface area contributed by atoms with Gasteiger partial charge in [0.25, 0.3) is 11.6 Å². The molecule has 0 fully saturated rings. The van der Waals surface area contributed by atoms with Crippen LogP contribution in [-0.4, -0.2) is 22.0 Å². The van der Waals surface area contributed by atoms with Crippen molar-refractivity contribution < 1.29 is 32.1 Å². The number of nitrogens with one attached hydrogen (secondary N) is 2. The van der Waals surface area contributed by atoms with Crippen molar-refractivity contribution in [3.8, 4) is 0 Å². The number of rotatable bonds is 7. The van der Waals surface area contributed by atoms with E-state index in [9.17, 15) is 32.9 Å². The molecule has 0 aliphatic carbocycles. The molecule has 2 aromatic carbocycles. The van der Waals surface area contributed by atoms with Gasteiger partial charge in [-0.2, -0.15) is 13.2 Å². The van der Waals surface area contributed by atoms with Gasteiger partial charge in [-0.15, -0.1) is 11.8 Å². The maximum atomic E-state index is 13.6. The SMILES string of the molecule is CC(Sc1ccc([N+](=O)[O-])cc1)C(=O)Nc1ccc(NC(=O)c2ccco2)cc1C(F)(F)F. The number of alkyl halides is 3. The van der Waals surface area contributed by atoms with Crippen LogP contribution in [0.25, 0.3) is 0 Å². The molecule has 3 rings (SSSR count). The van der Waals surface area contributed by atoms with Crippen LogP contribution in [0.2, 0.25) is 0 Å². The molecular formula is C21H16F3N3O5S. The molecule has 0 radical (unpaired) electrons. The monoisotopic (exact) mass is 479 g/mol. The molecule has 33 heavy (non-hydrogen) atoms. The second kappa shape index (κ2) is 9.77. The Bertz CT molecular complexity index is 1160. The minimum Gasteiger partial charge on any atom is -0.459 e. The molecule has 1 atom stereocenters. The number of hydrogen-bond donors (Lipinski definition) is 2. The lowest BCUT2D eigenvalue weighted by atomic mass is 10.1. The van der Waals surface area contributed by atoms with Gasteiger partial charge in [-0.25, -0.2) is 0 Å². The summed E-state index contributed by atoms with van der Waals surface area (Å²) in [6.07, 6.45) is -3.55. The summed E-state index contributed by atoms with van der Waals surface area (Å²) in [7, 11) is 0. The third-order valence-electron chi connectivity index (χ3n) is 4.32. The lowest BCUT2D eigenvalue weighted by molar-refractivity contribution is -0.384. The minimum absolute atomic E-state index is 0.0713. The van der Waals surface area contributed by atoms with Gasteiger partial charge in [0.15, 0.2) is 5.76 Å². The van der Waals surface area contributed by atoms with Crippen LogP contribution in [0.3, 0.4) is 0 Å². The highest BCUT2D eigenvalue weighted by Gasteiger charge is 2.35. The highest BCUT2D eigenvalue weighted by molar-refractivity contribution is 8.00. The molecule has 8 nitrogen and oxygen atoms in total. The molecule has 2 amide bonds. The van der Waals surface area contributed by atoms with E-state index in [4.69, 9.17) is 4.42 Å². The second-order valence-corrected chi connectivity index (χ2v) is 8.10. The lowest BCUT2D eigenvalue weighted by Gasteiger charge is -2.17. The molecule has 3 aromatic rings. The van der Waals surface area contributed by atoms with E-state index >= 15 is 0 Å². The molecule has 0 aliphatic heterocycles. The number of halogens is 3. The molecule has 172 valence electrons. The first kappa shape index (κ1) is 23.9. The maximum absolute atomic E-state index is 13.6. The number of nitro groups is 1. The van der Waals surface area contributed by atoms with E-state index in [1.54, 1.807) is 0 Å². The number of nitro benzene ring substituents is 1. The summed E-state index contributed by atoms with van der Waals surface area (Å²) in [5, 5.41) is 14.5. The average Bonchev–Trinajstić information content (AvgIpc) is 3.29. The molecule has 1 heterocycles. The molecule has 0 aliphatic rings. The Hall–Kier alpha value is -3.80. The van der Waals surface area contributed by atoms with E-state index in [1.807, 2.05) is 0 Å². The quantitative estimate of drug-likeness (QED) is 0.260. The number of furan rings is 1. The van der Waals surface area contributed by atoms with Crippen LogP contribution in [0, 0.1) is 10.1 Å². The minimum atomic E-state index is -4.80. The fourth-order valence-electron chi connectivity index (χ4n) is 2.70. The molecule has 0 saturated heterocycles. The molecule has 2 N–H and O–H groups in total. The molecular weight excluding hydrogens is 463 g/mol. The molecule has 0 spiro atoms. The number of benzene rings is 2. The van der Waals surface area contributed by atoms with Crippen LogP contribution >= 0.6 is 11.8 Å². The summed E-state index contributed by atoms with van der Waals surface area (Å²) >= 11 is 1.03. The van der Waals surface area contributed by atoms with Crippen molar-refractivity contribution in [2.45, 2.75) is 23.2 Å². The van der Waals surface area contributed by atoms with Crippen LogP contribution in [0.5, 0.6) is 0 Å². The number of carbonyl (C=O) groups is 2. The number of carbonyl (C=O) groups excluding carboxylic acids is 2. The number of nitrogens with zero attached hydrogens (tertiary/aromatic N) is 1. The Labute approximate surface area is 189 Å². The van der Waals surface area contributed by atoms with Gasteiger partial charge in [-0.1, -0.05) is 0 Å². The fourth-order valence-corrected chi connectivity index (χ4v) is 3.57. The van der Waals surface area contributed by atoms with Crippen molar-refractivity contribution in [3.63, 3.8) is 0 Å². The number of anilines is 2. The molecule has 1 unspecified atom stereocenters. The maximum Gasteiger partial charge on any atom is 0.418 e. The zero-order chi connectivity index (χ0) is 24.2. The van der Waals surface area contributed by atoms with Crippen molar-refractivity contribution in [3.05, 3.63) is 82.3 Å². The van der Waals surface area contributed by atoms with E-state index in [0.29, 0.717) is 11.0 Å².